The molecule has 1 amide bonds. The lowest BCUT2D eigenvalue weighted by molar-refractivity contribution is 0.0922. The van der Waals surface area contributed by atoms with Gasteiger partial charge in [-0.05, 0) is 36.4 Å². The van der Waals surface area contributed by atoms with Crippen LogP contribution in [0.2, 0.25) is 4.34 Å². The molecular weight excluding hydrogens is 382 g/mol. The van der Waals surface area contributed by atoms with E-state index in [0.29, 0.717) is 10.9 Å². The lowest BCUT2D eigenvalue weighted by atomic mass is 10.4. The Labute approximate surface area is 154 Å². The van der Waals surface area contributed by atoms with Gasteiger partial charge in [0.05, 0.1) is 15.8 Å². The molecule has 1 aromatic carbocycles. The summed E-state index contributed by atoms with van der Waals surface area (Å²) in [4.78, 5) is 13.2. The summed E-state index contributed by atoms with van der Waals surface area (Å²) in [5.74, 6) is -0.424. The Hall–Kier alpha value is -2.09. The van der Waals surface area contributed by atoms with Crippen LogP contribution in [0.4, 0.5) is 0 Å². The van der Waals surface area contributed by atoms with Crippen LogP contribution in [0.5, 0.6) is 0 Å². The van der Waals surface area contributed by atoms with Gasteiger partial charge >= 0.3 is 0 Å². The number of hydrogen-bond donors (Lipinski definition) is 1. The third-order valence-electron chi connectivity index (χ3n) is 3.37. The van der Waals surface area contributed by atoms with E-state index in [1.54, 1.807) is 24.3 Å². The van der Waals surface area contributed by atoms with Gasteiger partial charge in [-0.2, -0.15) is 0 Å². The molecular formula is C17H14ClNO4S2. The first-order valence-corrected chi connectivity index (χ1v) is 10.2. The molecule has 3 aromatic rings. The van der Waals surface area contributed by atoms with Crippen LogP contribution in [0, 0.1) is 0 Å². The van der Waals surface area contributed by atoms with Gasteiger partial charge < -0.3 is 9.73 Å². The van der Waals surface area contributed by atoms with Crippen LogP contribution in [0.1, 0.15) is 21.2 Å². The largest absolute Gasteiger partial charge is 0.455 e. The molecule has 1 N–H and O–H groups in total. The van der Waals surface area contributed by atoms with Crippen molar-refractivity contribution in [1.82, 2.24) is 5.32 Å². The summed E-state index contributed by atoms with van der Waals surface area (Å²) < 4.78 is 30.7. The molecule has 2 aromatic heterocycles. The summed E-state index contributed by atoms with van der Waals surface area (Å²) in [6, 6.07) is 14.7. The van der Waals surface area contributed by atoms with Crippen LogP contribution in [0.3, 0.4) is 0 Å². The van der Waals surface area contributed by atoms with Crippen molar-refractivity contribution in [1.29, 1.82) is 0 Å². The Morgan fingerprint density at radius 1 is 1.08 bits per heavy atom. The molecule has 0 saturated heterocycles. The summed E-state index contributed by atoms with van der Waals surface area (Å²) >= 11 is 7.21. The number of sulfone groups is 1. The second-order valence-corrected chi connectivity index (χ2v) is 9.02. The highest BCUT2D eigenvalue weighted by Gasteiger charge is 2.19. The minimum Gasteiger partial charge on any atom is -0.455 e. The molecule has 0 bridgehead atoms. The SMILES string of the molecule is O=C(NCc1ccc(Cl)s1)c1ccc(CS(=O)(=O)c2ccccc2)o1. The van der Waals surface area contributed by atoms with Crippen LogP contribution in [-0.2, 0) is 22.1 Å². The number of halogens is 1. The van der Waals surface area contributed by atoms with Crippen molar-refractivity contribution in [2.24, 2.45) is 0 Å². The third kappa shape index (κ3) is 4.50. The van der Waals surface area contributed by atoms with Crippen molar-refractivity contribution in [3.63, 3.8) is 0 Å². The molecule has 3 rings (SSSR count). The Morgan fingerprint density at radius 2 is 1.84 bits per heavy atom. The fraction of sp³-hybridized carbons (Fsp3) is 0.118. The number of amides is 1. The van der Waals surface area contributed by atoms with Gasteiger partial charge in [0.15, 0.2) is 15.6 Å². The first-order valence-electron chi connectivity index (χ1n) is 7.33. The van der Waals surface area contributed by atoms with Gasteiger partial charge in [-0.3, -0.25) is 4.79 Å². The first-order chi connectivity index (χ1) is 11.9. The van der Waals surface area contributed by atoms with E-state index in [0.717, 1.165) is 4.88 Å². The Kier molecular flexibility index (Phi) is 5.27. The summed E-state index contributed by atoms with van der Waals surface area (Å²) in [6.45, 7) is 0.328. The number of carbonyl (C=O) groups is 1. The summed E-state index contributed by atoms with van der Waals surface area (Å²) in [7, 11) is -3.52. The molecule has 0 atom stereocenters. The van der Waals surface area contributed by atoms with Gasteiger partial charge in [-0.15, -0.1) is 11.3 Å². The molecule has 8 heteroatoms. The molecule has 0 aliphatic heterocycles. The van der Waals surface area contributed by atoms with E-state index < -0.39 is 15.7 Å². The molecule has 2 heterocycles. The number of rotatable bonds is 6. The minimum atomic E-state index is -3.52. The average molecular weight is 396 g/mol. The lowest BCUT2D eigenvalue weighted by Crippen LogP contribution is -2.21. The maximum Gasteiger partial charge on any atom is 0.287 e. The third-order valence-corrected chi connectivity index (χ3v) is 6.26. The van der Waals surface area contributed by atoms with Crippen LogP contribution < -0.4 is 5.32 Å². The van der Waals surface area contributed by atoms with E-state index in [1.165, 1.54) is 35.6 Å². The normalized spacial score (nSPS) is 11.4. The molecule has 0 aliphatic rings. The maximum absolute atomic E-state index is 12.3. The number of benzene rings is 1. The molecule has 0 aliphatic carbocycles. The van der Waals surface area contributed by atoms with Crippen molar-refractivity contribution in [2.45, 2.75) is 17.2 Å². The van der Waals surface area contributed by atoms with Crippen molar-refractivity contribution in [2.75, 3.05) is 0 Å². The van der Waals surface area contributed by atoms with Gasteiger partial charge in [-0.1, -0.05) is 29.8 Å². The molecule has 0 radical (unpaired) electrons. The maximum atomic E-state index is 12.3. The summed E-state index contributed by atoms with van der Waals surface area (Å²) in [5.41, 5.74) is 0. The quantitative estimate of drug-likeness (QED) is 0.686. The minimum absolute atomic E-state index is 0.0703. The fourth-order valence-electron chi connectivity index (χ4n) is 2.18. The zero-order chi connectivity index (χ0) is 17.9. The smallest absolute Gasteiger partial charge is 0.287 e. The van der Waals surface area contributed by atoms with Crippen LogP contribution in [0.25, 0.3) is 0 Å². The predicted molar refractivity (Wildman–Crippen MR) is 96.5 cm³/mol. The lowest BCUT2D eigenvalue weighted by Gasteiger charge is -2.03. The molecule has 0 fully saturated rings. The number of hydrogen-bond acceptors (Lipinski definition) is 5. The van der Waals surface area contributed by atoms with Gasteiger partial charge in [0, 0.05) is 4.88 Å². The monoisotopic (exact) mass is 395 g/mol. The molecule has 130 valence electrons. The second-order valence-electron chi connectivity index (χ2n) is 5.23. The average Bonchev–Trinajstić information content (AvgIpc) is 3.22. The number of nitrogens with one attached hydrogen (secondary N) is 1. The standard InChI is InChI=1S/C17H14ClNO4S2/c18-16-9-7-13(24-16)10-19-17(20)15-8-6-12(23-15)11-25(21,22)14-4-2-1-3-5-14/h1-9H,10-11H2,(H,19,20). The topological polar surface area (TPSA) is 76.4 Å². The predicted octanol–water partition coefficient (Wildman–Crippen LogP) is 3.90. The van der Waals surface area contributed by atoms with Crippen LogP contribution >= 0.6 is 22.9 Å². The zero-order valence-corrected chi connectivity index (χ0v) is 15.3. The number of furan rings is 1. The Bertz CT molecular complexity index is 977. The van der Waals surface area contributed by atoms with Crippen LogP contribution in [-0.4, -0.2) is 14.3 Å². The highest BCUT2D eigenvalue weighted by Crippen LogP contribution is 2.21. The highest BCUT2D eigenvalue weighted by molar-refractivity contribution is 7.90. The summed E-state index contributed by atoms with van der Waals surface area (Å²) in [5, 5.41) is 2.71. The number of thiophene rings is 1. The van der Waals surface area contributed by atoms with Crippen LogP contribution in [0.15, 0.2) is 63.9 Å². The molecule has 0 spiro atoms. The van der Waals surface area contributed by atoms with E-state index in [4.69, 9.17) is 16.0 Å². The van der Waals surface area contributed by atoms with Crippen molar-refractivity contribution >= 4 is 38.7 Å². The van der Waals surface area contributed by atoms with Gasteiger partial charge in [0.25, 0.3) is 5.91 Å². The molecule has 0 unspecified atom stereocenters. The Morgan fingerprint density at radius 3 is 2.52 bits per heavy atom. The molecule has 0 saturated carbocycles. The zero-order valence-electron chi connectivity index (χ0n) is 12.9. The van der Waals surface area contributed by atoms with Crippen molar-refractivity contribution in [3.8, 4) is 0 Å². The summed E-state index contributed by atoms with van der Waals surface area (Å²) in [6.07, 6.45) is 0. The van der Waals surface area contributed by atoms with E-state index in [-0.39, 0.29) is 22.2 Å². The van der Waals surface area contributed by atoms with E-state index >= 15 is 0 Å². The van der Waals surface area contributed by atoms with E-state index in [9.17, 15) is 13.2 Å². The first kappa shape index (κ1) is 17.7. The van der Waals surface area contributed by atoms with Crippen molar-refractivity contribution < 1.29 is 17.6 Å². The fourth-order valence-corrected chi connectivity index (χ4v) is 4.47. The van der Waals surface area contributed by atoms with Gasteiger partial charge in [0.1, 0.15) is 11.5 Å². The highest BCUT2D eigenvalue weighted by atomic mass is 35.5. The van der Waals surface area contributed by atoms with Gasteiger partial charge in [-0.25, -0.2) is 8.42 Å². The van der Waals surface area contributed by atoms with E-state index in [2.05, 4.69) is 5.32 Å². The van der Waals surface area contributed by atoms with Gasteiger partial charge in [0.2, 0.25) is 0 Å². The second kappa shape index (κ2) is 7.43. The molecule has 5 nitrogen and oxygen atoms in total. The Balaban J connectivity index is 1.64. The van der Waals surface area contributed by atoms with Crippen molar-refractivity contribution in [3.05, 3.63) is 75.3 Å². The van der Waals surface area contributed by atoms with E-state index in [1.807, 2.05) is 6.07 Å². The number of carbonyl (C=O) groups excluding carboxylic acids is 1. The molecule has 25 heavy (non-hydrogen) atoms.